The predicted molar refractivity (Wildman–Crippen MR) is 48.0 cm³/mol. The molecule has 0 aliphatic rings. The summed E-state index contributed by atoms with van der Waals surface area (Å²) in [5.74, 6) is -1.08. The van der Waals surface area contributed by atoms with Gasteiger partial charge in [0.25, 0.3) is 0 Å². The summed E-state index contributed by atoms with van der Waals surface area (Å²) in [5.41, 5.74) is 0.836. The number of aryl methyl sites for hydroxylation is 1. The van der Waals surface area contributed by atoms with Crippen molar-refractivity contribution in [3.8, 4) is 0 Å². The van der Waals surface area contributed by atoms with Crippen LogP contribution in [0.1, 0.15) is 12.5 Å². The van der Waals surface area contributed by atoms with Crippen molar-refractivity contribution in [2.24, 2.45) is 0 Å². The maximum absolute atomic E-state index is 11.3. The summed E-state index contributed by atoms with van der Waals surface area (Å²) in [6, 6.07) is -1.47. The van der Waals surface area contributed by atoms with Gasteiger partial charge in [-0.3, -0.25) is 4.79 Å². The summed E-state index contributed by atoms with van der Waals surface area (Å²) in [5, 5.41) is 14.5. The third kappa shape index (κ3) is 2.32. The van der Waals surface area contributed by atoms with E-state index in [0.29, 0.717) is 0 Å². The first-order valence-corrected chi connectivity index (χ1v) is 4.05. The number of carboxylic acids is 1. The van der Waals surface area contributed by atoms with Gasteiger partial charge in [0, 0.05) is 6.20 Å². The molecule has 1 aromatic rings. The molecule has 0 radical (unpaired) electrons. The Labute approximate surface area is 80.5 Å². The smallest absolute Gasteiger partial charge is 0.342 e. The first-order valence-electron chi connectivity index (χ1n) is 4.05. The number of nitrogens with zero attached hydrogens (tertiary/aromatic N) is 2. The summed E-state index contributed by atoms with van der Waals surface area (Å²) in [6.45, 7) is 3.17. The minimum atomic E-state index is -1.08. The van der Waals surface area contributed by atoms with E-state index in [2.05, 4.69) is 10.4 Å². The molecule has 0 fully saturated rings. The largest absolute Gasteiger partial charge is 0.480 e. The highest BCUT2D eigenvalue weighted by Gasteiger charge is 2.15. The molecule has 1 aromatic heterocycles. The molecular formula is C8H11N3O3. The average molecular weight is 197 g/mol. The number of amides is 1. The van der Waals surface area contributed by atoms with E-state index >= 15 is 0 Å². The fourth-order valence-electron chi connectivity index (χ4n) is 0.837. The Hall–Kier alpha value is -1.85. The fourth-order valence-corrected chi connectivity index (χ4v) is 0.837. The number of aliphatic carboxylic acids is 1. The number of rotatable bonds is 2. The van der Waals surface area contributed by atoms with Gasteiger partial charge in [-0.25, -0.2) is 4.79 Å². The van der Waals surface area contributed by atoms with Gasteiger partial charge in [0.15, 0.2) is 0 Å². The Morgan fingerprint density at radius 2 is 2.29 bits per heavy atom. The van der Waals surface area contributed by atoms with Gasteiger partial charge in [-0.05, 0) is 19.4 Å². The standard InChI is InChI=1S/C8H11N3O3/c1-5-3-9-11(4-5)8(14)10-6(2)7(12)13/h3-4,6H,1-2H3,(H,10,14)(H,12,13)/t6-/m1/s1. The monoisotopic (exact) mass is 197 g/mol. The number of hydrogen-bond donors (Lipinski definition) is 2. The van der Waals surface area contributed by atoms with Crippen LogP contribution in [0.5, 0.6) is 0 Å². The quantitative estimate of drug-likeness (QED) is 0.710. The summed E-state index contributed by atoms with van der Waals surface area (Å²) in [7, 11) is 0. The van der Waals surface area contributed by atoms with Gasteiger partial charge in [-0.15, -0.1) is 0 Å². The van der Waals surface area contributed by atoms with Crippen LogP contribution in [-0.4, -0.2) is 32.9 Å². The van der Waals surface area contributed by atoms with Crippen molar-refractivity contribution in [2.45, 2.75) is 19.9 Å². The molecule has 0 unspecified atom stereocenters. The Kier molecular flexibility index (Phi) is 2.85. The molecule has 0 saturated heterocycles. The minimum absolute atomic E-state index is 0.548. The molecule has 0 bridgehead atoms. The van der Waals surface area contributed by atoms with Crippen LogP contribution in [0.25, 0.3) is 0 Å². The predicted octanol–water partition coefficient (Wildman–Crippen LogP) is 0.222. The van der Waals surface area contributed by atoms with Gasteiger partial charge in [-0.1, -0.05) is 0 Å². The lowest BCUT2D eigenvalue weighted by atomic mass is 10.3. The lowest BCUT2D eigenvalue weighted by Crippen LogP contribution is -2.40. The highest BCUT2D eigenvalue weighted by molar-refractivity contribution is 5.82. The van der Waals surface area contributed by atoms with Crippen LogP contribution < -0.4 is 5.32 Å². The van der Waals surface area contributed by atoms with Crippen molar-refractivity contribution in [3.05, 3.63) is 18.0 Å². The van der Waals surface area contributed by atoms with Gasteiger partial charge in [0.05, 0.1) is 6.20 Å². The van der Waals surface area contributed by atoms with Crippen molar-refractivity contribution >= 4 is 12.0 Å². The van der Waals surface area contributed by atoms with E-state index in [0.717, 1.165) is 10.2 Å². The third-order valence-electron chi connectivity index (χ3n) is 1.63. The van der Waals surface area contributed by atoms with Crippen molar-refractivity contribution in [1.29, 1.82) is 0 Å². The molecular weight excluding hydrogens is 186 g/mol. The lowest BCUT2D eigenvalue weighted by molar-refractivity contribution is -0.138. The Bertz CT molecular complexity index is 358. The van der Waals surface area contributed by atoms with Crippen LogP contribution in [0.2, 0.25) is 0 Å². The molecule has 0 spiro atoms. The third-order valence-corrected chi connectivity index (χ3v) is 1.63. The van der Waals surface area contributed by atoms with Crippen molar-refractivity contribution in [1.82, 2.24) is 15.1 Å². The van der Waals surface area contributed by atoms with Crippen LogP contribution in [0, 0.1) is 6.92 Å². The first kappa shape index (κ1) is 10.2. The number of carbonyl (C=O) groups is 2. The Balaban J connectivity index is 2.63. The molecule has 0 aliphatic heterocycles. The van der Waals surface area contributed by atoms with Gasteiger partial charge in [0.2, 0.25) is 0 Å². The van der Waals surface area contributed by atoms with Crippen LogP contribution in [0.4, 0.5) is 4.79 Å². The van der Waals surface area contributed by atoms with Crippen molar-refractivity contribution in [3.63, 3.8) is 0 Å². The summed E-state index contributed by atoms with van der Waals surface area (Å²) in [6.07, 6.45) is 3.04. The van der Waals surface area contributed by atoms with E-state index in [4.69, 9.17) is 5.11 Å². The average Bonchev–Trinajstić information content (AvgIpc) is 2.51. The topological polar surface area (TPSA) is 84.2 Å². The number of aromatic nitrogens is 2. The van der Waals surface area contributed by atoms with Gasteiger partial charge in [-0.2, -0.15) is 9.78 Å². The van der Waals surface area contributed by atoms with E-state index in [1.807, 2.05) is 0 Å². The lowest BCUT2D eigenvalue weighted by Gasteiger charge is -2.07. The molecule has 6 nitrogen and oxygen atoms in total. The van der Waals surface area contributed by atoms with Crippen molar-refractivity contribution < 1.29 is 14.7 Å². The SMILES string of the molecule is Cc1cnn(C(=O)N[C@H](C)C(=O)O)c1. The van der Waals surface area contributed by atoms with Crippen LogP contribution in [0.15, 0.2) is 12.4 Å². The van der Waals surface area contributed by atoms with Gasteiger partial charge in [0.1, 0.15) is 6.04 Å². The molecule has 1 amide bonds. The van der Waals surface area contributed by atoms with Crippen LogP contribution >= 0.6 is 0 Å². The van der Waals surface area contributed by atoms with E-state index in [1.54, 1.807) is 6.92 Å². The molecule has 1 heterocycles. The zero-order chi connectivity index (χ0) is 10.7. The Morgan fingerprint density at radius 1 is 1.64 bits per heavy atom. The maximum Gasteiger partial charge on any atom is 0.342 e. The molecule has 2 N–H and O–H groups in total. The summed E-state index contributed by atoms with van der Waals surface area (Å²) in [4.78, 5) is 21.7. The second-order valence-electron chi connectivity index (χ2n) is 2.97. The van der Waals surface area contributed by atoms with E-state index in [-0.39, 0.29) is 0 Å². The zero-order valence-electron chi connectivity index (χ0n) is 7.89. The highest BCUT2D eigenvalue weighted by atomic mass is 16.4. The second-order valence-corrected chi connectivity index (χ2v) is 2.97. The van der Waals surface area contributed by atoms with Crippen molar-refractivity contribution in [2.75, 3.05) is 0 Å². The molecule has 1 rings (SSSR count). The summed E-state index contributed by atoms with van der Waals surface area (Å²) >= 11 is 0. The minimum Gasteiger partial charge on any atom is -0.480 e. The number of carboxylic acid groups (broad SMARTS) is 1. The number of hydrogen-bond acceptors (Lipinski definition) is 3. The molecule has 0 aliphatic carbocycles. The summed E-state index contributed by atoms with van der Waals surface area (Å²) < 4.78 is 1.06. The maximum atomic E-state index is 11.3. The van der Waals surface area contributed by atoms with E-state index in [9.17, 15) is 9.59 Å². The van der Waals surface area contributed by atoms with Gasteiger partial charge < -0.3 is 10.4 Å². The van der Waals surface area contributed by atoms with Crippen LogP contribution in [0.3, 0.4) is 0 Å². The van der Waals surface area contributed by atoms with E-state index in [1.165, 1.54) is 19.3 Å². The number of nitrogens with one attached hydrogen (secondary N) is 1. The zero-order valence-corrected chi connectivity index (χ0v) is 7.89. The van der Waals surface area contributed by atoms with Gasteiger partial charge >= 0.3 is 12.0 Å². The molecule has 14 heavy (non-hydrogen) atoms. The Morgan fingerprint density at radius 3 is 2.71 bits per heavy atom. The molecule has 0 aromatic carbocycles. The second kappa shape index (κ2) is 3.91. The fraction of sp³-hybridized carbons (Fsp3) is 0.375. The molecule has 76 valence electrons. The molecule has 1 atom stereocenters. The van der Waals surface area contributed by atoms with E-state index < -0.39 is 18.0 Å². The first-order chi connectivity index (χ1) is 6.50. The molecule has 0 saturated carbocycles. The number of carbonyl (C=O) groups excluding carboxylic acids is 1. The molecule has 6 heteroatoms. The normalized spacial score (nSPS) is 12.1. The highest BCUT2D eigenvalue weighted by Crippen LogP contribution is 1.94. The van der Waals surface area contributed by atoms with Crippen LogP contribution in [-0.2, 0) is 4.79 Å².